The molecule has 4 nitrogen and oxygen atoms in total. The van der Waals surface area contributed by atoms with Crippen molar-refractivity contribution in [2.45, 2.75) is 9.79 Å². The molecular weight excluding hydrogens is 311 g/mol. The second-order valence-electron chi connectivity index (χ2n) is 3.68. The van der Waals surface area contributed by atoms with Gasteiger partial charge in [0.1, 0.15) is 9.79 Å². The van der Waals surface area contributed by atoms with Crippen LogP contribution in [0.25, 0.3) is 0 Å². The number of sulfone groups is 1. The lowest BCUT2D eigenvalue weighted by Crippen LogP contribution is -2.03. The molecule has 0 aliphatic carbocycles. The molecule has 0 saturated carbocycles. The molecule has 0 spiro atoms. The number of hydrogen-bond donors (Lipinski definition) is 2. The molecule has 2 aromatic carbocycles. The van der Waals surface area contributed by atoms with E-state index in [1.165, 1.54) is 36.4 Å². The Morgan fingerprint density at radius 1 is 0.789 bits per heavy atom. The van der Waals surface area contributed by atoms with Gasteiger partial charge in [-0.1, -0.05) is 35.3 Å². The fourth-order valence-corrected chi connectivity index (χ4v) is 3.49. The molecule has 2 N–H and O–H groups in total. The SMILES string of the molecule is O=S(=O)(c1cccc(Cl)c1O)c1cccc(Cl)c1O. The van der Waals surface area contributed by atoms with Crippen molar-refractivity contribution in [2.24, 2.45) is 0 Å². The highest BCUT2D eigenvalue weighted by molar-refractivity contribution is 7.91. The van der Waals surface area contributed by atoms with Crippen LogP contribution in [0, 0.1) is 0 Å². The van der Waals surface area contributed by atoms with Crippen LogP contribution in [0.5, 0.6) is 11.5 Å². The smallest absolute Gasteiger partial charge is 0.214 e. The molecule has 19 heavy (non-hydrogen) atoms. The second-order valence-corrected chi connectivity index (χ2v) is 6.38. The normalized spacial score (nSPS) is 11.5. The number of benzene rings is 2. The summed E-state index contributed by atoms with van der Waals surface area (Å²) in [5.41, 5.74) is 0. The highest BCUT2D eigenvalue weighted by Gasteiger charge is 2.26. The van der Waals surface area contributed by atoms with E-state index in [1.807, 2.05) is 0 Å². The lowest BCUT2D eigenvalue weighted by Gasteiger charge is -2.09. The van der Waals surface area contributed by atoms with Crippen LogP contribution in [0.4, 0.5) is 0 Å². The molecule has 0 atom stereocenters. The van der Waals surface area contributed by atoms with E-state index < -0.39 is 31.1 Å². The van der Waals surface area contributed by atoms with Gasteiger partial charge in [-0.15, -0.1) is 0 Å². The Morgan fingerprint density at radius 2 is 1.16 bits per heavy atom. The van der Waals surface area contributed by atoms with Crippen LogP contribution in [0.2, 0.25) is 10.0 Å². The van der Waals surface area contributed by atoms with Gasteiger partial charge in [0.25, 0.3) is 0 Å². The standard InChI is InChI=1S/C12H8Cl2O4S/c13-7-3-1-5-9(11(7)15)19(17,18)10-6-2-4-8(14)12(10)16/h1-6,15-16H. The Labute approximate surface area is 119 Å². The van der Waals surface area contributed by atoms with Crippen LogP contribution in [0.3, 0.4) is 0 Å². The first-order valence-electron chi connectivity index (χ1n) is 5.05. The van der Waals surface area contributed by atoms with Gasteiger partial charge >= 0.3 is 0 Å². The maximum absolute atomic E-state index is 12.3. The largest absolute Gasteiger partial charge is 0.505 e. The van der Waals surface area contributed by atoms with Crippen LogP contribution < -0.4 is 0 Å². The molecular formula is C12H8Cl2O4S. The van der Waals surface area contributed by atoms with Crippen LogP contribution >= 0.6 is 23.2 Å². The van der Waals surface area contributed by atoms with Crippen molar-refractivity contribution in [1.82, 2.24) is 0 Å². The third kappa shape index (κ3) is 2.36. The van der Waals surface area contributed by atoms with Crippen molar-refractivity contribution in [3.05, 3.63) is 46.4 Å². The maximum atomic E-state index is 12.3. The van der Waals surface area contributed by atoms with Gasteiger partial charge in [-0.05, 0) is 24.3 Å². The minimum Gasteiger partial charge on any atom is -0.505 e. The molecule has 100 valence electrons. The summed E-state index contributed by atoms with van der Waals surface area (Å²) in [5.74, 6) is -1.13. The van der Waals surface area contributed by atoms with Gasteiger partial charge in [-0.3, -0.25) is 0 Å². The molecule has 0 aromatic heterocycles. The van der Waals surface area contributed by atoms with E-state index >= 15 is 0 Å². The van der Waals surface area contributed by atoms with Gasteiger partial charge < -0.3 is 10.2 Å². The molecule has 0 amide bonds. The van der Waals surface area contributed by atoms with Crippen LogP contribution in [-0.4, -0.2) is 18.6 Å². The van der Waals surface area contributed by atoms with Crippen LogP contribution in [0.1, 0.15) is 0 Å². The van der Waals surface area contributed by atoms with E-state index in [4.69, 9.17) is 23.2 Å². The summed E-state index contributed by atoms with van der Waals surface area (Å²) >= 11 is 11.4. The number of phenolic OH excluding ortho intramolecular Hbond substituents is 2. The Balaban J connectivity index is 2.73. The first-order valence-corrected chi connectivity index (χ1v) is 7.29. The summed E-state index contributed by atoms with van der Waals surface area (Å²) in [4.78, 5) is -0.782. The third-order valence-corrected chi connectivity index (χ3v) is 4.91. The van der Waals surface area contributed by atoms with E-state index in [1.54, 1.807) is 0 Å². The van der Waals surface area contributed by atoms with Gasteiger partial charge in [0.05, 0.1) is 10.0 Å². The third-order valence-electron chi connectivity index (χ3n) is 2.48. The number of hydrogen-bond acceptors (Lipinski definition) is 4. The predicted molar refractivity (Wildman–Crippen MR) is 71.7 cm³/mol. The molecule has 0 aliphatic heterocycles. The Morgan fingerprint density at radius 3 is 1.53 bits per heavy atom. The molecule has 7 heteroatoms. The van der Waals surface area contributed by atoms with Crippen molar-refractivity contribution >= 4 is 33.0 Å². The summed E-state index contributed by atoms with van der Waals surface area (Å²) in [7, 11) is -4.11. The summed E-state index contributed by atoms with van der Waals surface area (Å²) in [6.07, 6.45) is 0. The quantitative estimate of drug-likeness (QED) is 0.891. The number of para-hydroxylation sites is 2. The first-order chi connectivity index (χ1) is 8.85. The average Bonchev–Trinajstić information content (AvgIpc) is 2.35. The van der Waals surface area contributed by atoms with Crippen molar-refractivity contribution in [3.63, 3.8) is 0 Å². The van der Waals surface area contributed by atoms with E-state index in [2.05, 4.69) is 0 Å². The Kier molecular flexibility index (Phi) is 3.62. The molecule has 2 aromatic rings. The number of aromatic hydroxyl groups is 2. The topological polar surface area (TPSA) is 74.6 Å². The maximum Gasteiger partial charge on any atom is 0.214 e. The highest BCUT2D eigenvalue weighted by Crippen LogP contribution is 2.38. The summed E-state index contributed by atoms with van der Waals surface area (Å²) < 4.78 is 24.7. The monoisotopic (exact) mass is 318 g/mol. The van der Waals surface area contributed by atoms with Gasteiger partial charge in [0.2, 0.25) is 9.84 Å². The zero-order valence-corrected chi connectivity index (χ0v) is 11.7. The first kappa shape index (κ1) is 14.0. The molecule has 0 aliphatic rings. The fraction of sp³-hybridized carbons (Fsp3) is 0. The molecule has 2 rings (SSSR count). The number of halogens is 2. The van der Waals surface area contributed by atoms with E-state index in [-0.39, 0.29) is 10.0 Å². The van der Waals surface area contributed by atoms with Crippen molar-refractivity contribution in [3.8, 4) is 11.5 Å². The van der Waals surface area contributed by atoms with E-state index in [0.29, 0.717) is 0 Å². The summed E-state index contributed by atoms with van der Waals surface area (Å²) in [6.45, 7) is 0. The average molecular weight is 319 g/mol. The predicted octanol–water partition coefficient (Wildman–Crippen LogP) is 3.24. The Bertz CT molecular complexity index is 684. The zero-order chi connectivity index (χ0) is 14.2. The van der Waals surface area contributed by atoms with Gasteiger partial charge in [-0.25, -0.2) is 8.42 Å². The summed E-state index contributed by atoms with van der Waals surface area (Å²) in [6, 6.07) is 7.86. The van der Waals surface area contributed by atoms with Gasteiger partial charge in [0.15, 0.2) is 11.5 Å². The summed E-state index contributed by atoms with van der Waals surface area (Å²) in [5, 5.41) is 19.3. The van der Waals surface area contributed by atoms with Gasteiger partial charge in [-0.2, -0.15) is 0 Å². The van der Waals surface area contributed by atoms with Crippen molar-refractivity contribution in [1.29, 1.82) is 0 Å². The highest BCUT2D eigenvalue weighted by atomic mass is 35.5. The van der Waals surface area contributed by atoms with Crippen LogP contribution in [-0.2, 0) is 9.84 Å². The molecule has 0 unspecified atom stereocenters. The Hall–Kier alpha value is -1.43. The van der Waals surface area contributed by atoms with Gasteiger partial charge in [0, 0.05) is 0 Å². The van der Waals surface area contributed by atoms with Crippen molar-refractivity contribution in [2.75, 3.05) is 0 Å². The lowest BCUT2D eigenvalue weighted by atomic mass is 10.3. The van der Waals surface area contributed by atoms with E-state index in [9.17, 15) is 18.6 Å². The minimum atomic E-state index is -4.11. The van der Waals surface area contributed by atoms with Crippen LogP contribution in [0.15, 0.2) is 46.2 Å². The fourth-order valence-electron chi connectivity index (χ4n) is 1.54. The molecule has 0 radical (unpaired) electrons. The number of phenols is 2. The van der Waals surface area contributed by atoms with Crippen molar-refractivity contribution < 1.29 is 18.6 Å². The minimum absolute atomic E-state index is 0.0948. The molecule has 0 fully saturated rings. The zero-order valence-electron chi connectivity index (χ0n) is 9.34. The second kappa shape index (κ2) is 4.92. The molecule has 0 heterocycles. The molecule has 0 saturated heterocycles. The lowest BCUT2D eigenvalue weighted by molar-refractivity contribution is 0.453. The van der Waals surface area contributed by atoms with E-state index in [0.717, 1.165) is 0 Å². The molecule has 0 bridgehead atoms. The number of rotatable bonds is 2.